The summed E-state index contributed by atoms with van der Waals surface area (Å²) in [5.74, 6) is -1.44. The van der Waals surface area contributed by atoms with Crippen LogP contribution in [0.3, 0.4) is 0 Å². The summed E-state index contributed by atoms with van der Waals surface area (Å²) in [6.45, 7) is 2.36. The average Bonchev–Trinajstić information content (AvgIpc) is 3.25. The van der Waals surface area contributed by atoms with Crippen molar-refractivity contribution in [3.05, 3.63) is 87.4 Å². The molecule has 168 valence electrons. The number of thiazole rings is 1. The van der Waals surface area contributed by atoms with E-state index in [1.165, 1.54) is 34.1 Å². The number of carbonyl (C=O) groups is 2. The number of esters is 1. The molecule has 2 aromatic carbocycles. The monoisotopic (exact) mass is 465 g/mol. The SMILES string of the molecule is CCCCOC(=O)c1ccc(NC(=O)c2cnc3scc(-c4ccc(F)cc4)n3c2=O)cc1. The minimum Gasteiger partial charge on any atom is -0.462 e. The second kappa shape index (κ2) is 9.74. The van der Waals surface area contributed by atoms with Crippen molar-refractivity contribution in [1.82, 2.24) is 9.38 Å². The highest BCUT2D eigenvalue weighted by Crippen LogP contribution is 2.24. The summed E-state index contributed by atoms with van der Waals surface area (Å²) >= 11 is 1.25. The summed E-state index contributed by atoms with van der Waals surface area (Å²) in [5.41, 5.74) is 1.26. The van der Waals surface area contributed by atoms with E-state index < -0.39 is 17.4 Å². The summed E-state index contributed by atoms with van der Waals surface area (Å²) in [7, 11) is 0. The lowest BCUT2D eigenvalue weighted by Gasteiger charge is -2.08. The largest absolute Gasteiger partial charge is 0.462 e. The van der Waals surface area contributed by atoms with Crippen molar-refractivity contribution in [3.63, 3.8) is 0 Å². The zero-order valence-electron chi connectivity index (χ0n) is 17.7. The Hall–Kier alpha value is -3.85. The Kier molecular flexibility index (Phi) is 6.60. The van der Waals surface area contributed by atoms with Gasteiger partial charge < -0.3 is 10.1 Å². The molecule has 1 N–H and O–H groups in total. The molecular formula is C24H20FN3O4S. The van der Waals surface area contributed by atoms with E-state index in [2.05, 4.69) is 10.3 Å². The molecule has 7 nitrogen and oxygen atoms in total. The van der Waals surface area contributed by atoms with Crippen LogP contribution in [0.4, 0.5) is 10.1 Å². The number of hydrogen-bond donors (Lipinski definition) is 1. The molecular weight excluding hydrogens is 445 g/mol. The van der Waals surface area contributed by atoms with Gasteiger partial charge in [-0.05, 0) is 60.5 Å². The Balaban J connectivity index is 1.55. The van der Waals surface area contributed by atoms with E-state index in [1.54, 1.807) is 41.8 Å². The molecule has 0 radical (unpaired) electrons. The Labute approximate surface area is 192 Å². The number of anilines is 1. The van der Waals surface area contributed by atoms with Gasteiger partial charge in [0.2, 0.25) is 0 Å². The van der Waals surface area contributed by atoms with Crippen LogP contribution in [0.25, 0.3) is 16.2 Å². The maximum atomic E-state index is 13.3. The molecule has 0 atom stereocenters. The molecule has 4 rings (SSSR count). The number of halogens is 1. The predicted molar refractivity (Wildman–Crippen MR) is 124 cm³/mol. The molecule has 2 heterocycles. The van der Waals surface area contributed by atoms with E-state index in [0.29, 0.717) is 34.1 Å². The maximum Gasteiger partial charge on any atom is 0.338 e. The number of amides is 1. The smallest absolute Gasteiger partial charge is 0.338 e. The first-order valence-corrected chi connectivity index (χ1v) is 11.2. The number of benzene rings is 2. The van der Waals surface area contributed by atoms with Gasteiger partial charge in [0.15, 0.2) is 4.96 Å². The van der Waals surface area contributed by atoms with Gasteiger partial charge >= 0.3 is 5.97 Å². The van der Waals surface area contributed by atoms with Crippen molar-refractivity contribution >= 4 is 33.9 Å². The number of nitrogens with zero attached hydrogens (tertiary/aromatic N) is 2. The van der Waals surface area contributed by atoms with Gasteiger partial charge in [-0.25, -0.2) is 14.2 Å². The molecule has 0 saturated heterocycles. The fourth-order valence-corrected chi connectivity index (χ4v) is 4.01. The summed E-state index contributed by atoms with van der Waals surface area (Å²) in [6.07, 6.45) is 2.95. The average molecular weight is 466 g/mol. The highest BCUT2D eigenvalue weighted by molar-refractivity contribution is 7.15. The Bertz CT molecular complexity index is 1360. The van der Waals surface area contributed by atoms with Gasteiger partial charge in [-0.1, -0.05) is 13.3 Å². The quantitative estimate of drug-likeness (QED) is 0.314. The van der Waals surface area contributed by atoms with Crippen LogP contribution in [0.2, 0.25) is 0 Å². The molecule has 0 aliphatic rings. The normalized spacial score (nSPS) is 10.8. The second-order valence-electron chi connectivity index (χ2n) is 7.24. The Morgan fingerprint density at radius 1 is 1.12 bits per heavy atom. The minimum atomic E-state index is -0.628. The molecule has 0 spiro atoms. The lowest BCUT2D eigenvalue weighted by molar-refractivity contribution is 0.0499. The summed E-state index contributed by atoms with van der Waals surface area (Å²) in [6, 6.07) is 11.9. The van der Waals surface area contributed by atoms with Gasteiger partial charge in [0, 0.05) is 17.3 Å². The van der Waals surface area contributed by atoms with Gasteiger partial charge in [0.25, 0.3) is 11.5 Å². The topological polar surface area (TPSA) is 89.8 Å². The summed E-state index contributed by atoms with van der Waals surface area (Å²) < 4.78 is 19.8. The van der Waals surface area contributed by atoms with Crippen LogP contribution in [-0.2, 0) is 4.74 Å². The third kappa shape index (κ3) is 4.83. The number of carbonyl (C=O) groups excluding carboxylic acids is 2. The van der Waals surface area contributed by atoms with Gasteiger partial charge in [-0.2, -0.15) is 0 Å². The first kappa shape index (κ1) is 22.3. The molecule has 4 aromatic rings. The zero-order chi connectivity index (χ0) is 23.4. The molecule has 9 heteroatoms. The van der Waals surface area contributed by atoms with E-state index >= 15 is 0 Å². The van der Waals surface area contributed by atoms with Gasteiger partial charge in [0.1, 0.15) is 11.4 Å². The van der Waals surface area contributed by atoms with E-state index in [9.17, 15) is 18.8 Å². The fourth-order valence-electron chi connectivity index (χ4n) is 3.15. The van der Waals surface area contributed by atoms with Crippen LogP contribution in [0, 0.1) is 5.82 Å². The van der Waals surface area contributed by atoms with Crippen molar-refractivity contribution in [1.29, 1.82) is 0 Å². The van der Waals surface area contributed by atoms with E-state index in [1.807, 2.05) is 6.92 Å². The van der Waals surface area contributed by atoms with Crippen molar-refractivity contribution in [2.45, 2.75) is 19.8 Å². The Morgan fingerprint density at radius 2 is 1.85 bits per heavy atom. The van der Waals surface area contributed by atoms with Crippen molar-refractivity contribution in [2.24, 2.45) is 0 Å². The lowest BCUT2D eigenvalue weighted by atomic mass is 10.1. The van der Waals surface area contributed by atoms with Crippen molar-refractivity contribution < 1.29 is 18.7 Å². The van der Waals surface area contributed by atoms with Crippen molar-refractivity contribution in [3.8, 4) is 11.3 Å². The van der Waals surface area contributed by atoms with Gasteiger partial charge in [0.05, 0.1) is 17.9 Å². The van der Waals surface area contributed by atoms with Crippen LogP contribution in [0.5, 0.6) is 0 Å². The molecule has 0 saturated carbocycles. The summed E-state index contributed by atoms with van der Waals surface area (Å²) in [4.78, 5) is 42.5. The minimum absolute atomic E-state index is 0.141. The van der Waals surface area contributed by atoms with Crippen molar-refractivity contribution in [2.75, 3.05) is 11.9 Å². The third-order valence-electron chi connectivity index (χ3n) is 4.94. The molecule has 0 bridgehead atoms. The predicted octanol–water partition coefficient (Wildman–Crippen LogP) is 4.77. The molecule has 0 aliphatic heterocycles. The van der Waals surface area contributed by atoms with E-state index in [-0.39, 0.29) is 11.4 Å². The number of aromatic nitrogens is 2. The third-order valence-corrected chi connectivity index (χ3v) is 5.78. The molecule has 1 amide bonds. The van der Waals surface area contributed by atoms with Gasteiger partial charge in [-0.15, -0.1) is 11.3 Å². The molecule has 2 aromatic heterocycles. The van der Waals surface area contributed by atoms with E-state index in [4.69, 9.17) is 4.74 Å². The van der Waals surface area contributed by atoms with Gasteiger partial charge in [-0.3, -0.25) is 14.0 Å². The number of fused-ring (bicyclic) bond motifs is 1. The van der Waals surface area contributed by atoms with Crippen LogP contribution < -0.4 is 10.9 Å². The van der Waals surface area contributed by atoms with Crippen LogP contribution >= 0.6 is 11.3 Å². The van der Waals surface area contributed by atoms with Crippen LogP contribution in [0.1, 0.15) is 40.5 Å². The second-order valence-corrected chi connectivity index (χ2v) is 8.08. The summed E-state index contributed by atoms with van der Waals surface area (Å²) in [5, 5.41) is 4.38. The Morgan fingerprint density at radius 3 is 2.55 bits per heavy atom. The number of rotatable bonds is 7. The molecule has 0 unspecified atom stereocenters. The van der Waals surface area contributed by atoms with Crippen LogP contribution in [0.15, 0.2) is 64.9 Å². The van der Waals surface area contributed by atoms with Crippen LogP contribution in [-0.4, -0.2) is 27.9 Å². The number of nitrogens with one attached hydrogen (secondary N) is 1. The number of hydrogen-bond acceptors (Lipinski definition) is 6. The maximum absolute atomic E-state index is 13.3. The first-order valence-electron chi connectivity index (χ1n) is 10.3. The molecule has 0 aliphatic carbocycles. The standard InChI is InChI=1S/C24H20FN3O4S/c1-2-3-12-32-23(31)16-6-10-18(11-7-16)27-21(29)19-13-26-24-28(22(19)30)20(14-33-24)15-4-8-17(25)9-5-15/h4-11,13-14H,2-3,12H2,1H3,(H,27,29). The van der Waals surface area contributed by atoms with E-state index in [0.717, 1.165) is 12.8 Å². The highest BCUT2D eigenvalue weighted by atomic mass is 32.1. The first-order chi connectivity index (χ1) is 16.0. The fraction of sp³-hybridized carbons (Fsp3) is 0.167. The highest BCUT2D eigenvalue weighted by Gasteiger charge is 2.17. The number of unbranched alkanes of at least 4 members (excludes halogenated alkanes) is 1. The molecule has 0 fully saturated rings. The molecule has 33 heavy (non-hydrogen) atoms. The zero-order valence-corrected chi connectivity index (χ0v) is 18.5. The lowest BCUT2D eigenvalue weighted by Crippen LogP contribution is -2.26. The number of ether oxygens (including phenoxy) is 1.